The van der Waals surface area contributed by atoms with Gasteiger partial charge in [-0.15, -0.1) is 0 Å². The minimum Gasteiger partial charge on any atom is -0.459 e. The van der Waals surface area contributed by atoms with Gasteiger partial charge in [0, 0.05) is 37.3 Å². The van der Waals surface area contributed by atoms with Crippen LogP contribution in [-0.2, 0) is 9.53 Å². The molecule has 2 aromatic rings. The Morgan fingerprint density at radius 1 is 1.07 bits per heavy atom. The summed E-state index contributed by atoms with van der Waals surface area (Å²) < 4.78 is 5.56. The summed E-state index contributed by atoms with van der Waals surface area (Å²) in [6, 6.07) is 13.8. The van der Waals surface area contributed by atoms with Crippen molar-refractivity contribution in [1.29, 1.82) is 0 Å². The van der Waals surface area contributed by atoms with Crippen LogP contribution in [0, 0.1) is 6.92 Å². The first kappa shape index (κ1) is 19.4. The summed E-state index contributed by atoms with van der Waals surface area (Å²) in [5, 5.41) is 5.51. The fraction of sp³-hybridized carbons (Fsp3) is 0.286. The summed E-state index contributed by atoms with van der Waals surface area (Å²) in [5.74, 6) is -0.434. The van der Waals surface area contributed by atoms with Gasteiger partial charge in [-0.05, 0) is 36.8 Å². The fourth-order valence-corrected chi connectivity index (χ4v) is 3.01. The molecule has 1 aliphatic heterocycles. The molecule has 0 spiro atoms. The summed E-state index contributed by atoms with van der Waals surface area (Å²) in [6.45, 7) is 3.02. The van der Waals surface area contributed by atoms with Crippen molar-refractivity contribution < 1.29 is 19.1 Å². The van der Waals surface area contributed by atoms with Gasteiger partial charge in [0.15, 0.2) is 0 Å². The summed E-state index contributed by atoms with van der Waals surface area (Å²) in [5.41, 5.74) is 2.42. The number of carbonyl (C=O) groups excluding carboxylic acids is 3. The van der Waals surface area contributed by atoms with Gasteiger partial charge in [0.25, 0.3) is 0 Å². The number of carbonyl (C=O) groups is 3. The van der Waals surface area contributed by atoms with Crippen LogP contribution in [0.1, 0.15) is 28.8 Å². The van der Waals surface area contributed by atoms with Gasteiger partial charge in [-0.3, -0.25) is 4.79 Å². The molecule has 0 bridgehead atoms. The monoisotopic (exact) mass is 381 g/mol. The number of esters is 1. The molecule has 0 unspecified atom stereocenters. The molecule has 1 fully saturated rings. The molecule has 1 saturated heterocycles. The lowest BCUT2D eigenvalue weighted by Gasteiger charge is -2.28. The normalized spacial score (nSPS) is 14.2. The van der Waals surface area contributed by atoms with Crippen LogP contribution in [0.4, 0.5) is 16.2 Å². The van der Waals surface area contributed by atoms with Crippen LogP contribution < -0.4 is 10.6 Å². The van der Waals surface area contributed by atoms with Gasteiger partial charge in [-0.2, -0.15) is 0 Å². The van der Waals surface area contributed by atoms with Crippen molar-refractivity contribution in [3.05, 3.63) is 59.7 Å². The molecule has 146 valence electrons. The predicted molar refractivity (Wildman–Crippen MR) is 106 cm³/mol. The topological polar surface area (TPSA) is 87.7 Å². The van der Waals surface area contributed by atoms with Crippen LogP contribution in [0.5, 0.6) is 0 Å². The summed E-state index contributed by atoms with van der Waals surface area (Å²) in [6.07, 6.45) is 1.86. The van der Waals surface area contributed by atoms with E-state index in [-0.39, 0.29) is 12.1 Å². The second-order valence-corrected chi connectivity index (χ2v) is 6.72. The number of aryl methyl sites for hydroxylation is 1. The Hall–Kier alpha value is -3.35. The van der Waals surface area contributed by atoms with Crippen LogP contribution in [0.2, 0.25) is 0 Å². The molecular formula is C21H23N3O4. The van der Waals surface area contributed by atoms with Crippen LogP contribution in [0.25, 0.3) is 0 Å². The molecule has 0 atom stereocenters. The molecule has 3 amide bonds. The van der Waals surface area contributed by atoms with Gasteiger partial charge in [-0.25, -0.2) is 9.59 Å². The standard InChI is InChI=1S/C21H23N3O4/c1-15-7-8-16(20(26)28-18-9-11-24(14-25)12-10-18)13-19(15)23-21(27)22-17-5-3-2-4-6-17/h2-8,13-14,18H,9-12H2,1H3,(H2,22,23,27). The number of piperidine rings is 1. The summed E-state index contributed by atoms with van der Waals surface area (Å²) >= 11 is 0. The third-order valence-corrected chi connectivity index (χ3v) is 4.65. The first-order chi connectivity index (χ1) is 13.5. The average Bonchev–Trinajstić information content (AvgIpc) is 2.71. The van der Waals surface area contributed by atoms with Gasteiger partial charge in [0.1, 0.15) is 6.10 Å². The lowest BCUT2D eigenvalue weighted by Crippen LogP contribution is -2.36. The van der Waals surface area contributed by atoms with Crippen molar-refractivity contribution in [2.45, 2.75) is 25.9 Å². The zero-order chi connectivity index (χ0) is 19.9. The number of para-hydroxylation sites is 1. The first-order valence-corrected chi connectivity index (χ1v) is 9.19. The molecule has 2 aromatic carbocycles. The molecule has 3 rings (SSSR count). The minimum atomic E-state index is -0.434. The maximum atomic E-state index is 12.5. The van der Waals surface area contributed by atoms with E-state index in [1.54, 1.807) is 35.2 Å². The quantitative estimate of drug-likeness (QED) is 0.614. The lowest BCUT2D eigenvalue weighted by molar-refractivity contribution is -0.120. The number of rotatable bonds is 5. The van der Waals surface area contributed by atoms with Gasteiger partial charge in [0.05, 0.1) is 5.56 Å². The van der Waals surface area contributed by atoms with E-state index in [0.29, 0.717) is 42.9 Å². The Kier molecular flexibility index (Phi) is 6.26. The molecular weight excluding hydrogens is 358 g/mol. The van der Waals surface area contributed by atoms with E-state index in [4.69, 9.17) is 4.74 Å². The van der Waals surface area contributed by atoms with Crippen LogP contribution in [-0.4, -0.2) is 42.5 Å². The van der Waals surface area contributed by atoms with Crippen molar-refractivity contribution in [2.24, 2.45) is 0 Å². The molecule has 7 heteroatoms. The van der Waals surface area contributed by atoms with Gasteiger partial charge in [0.2, 0.25) is 6.41 Å². The van der Waals surface area contributed by atoms with Crippen LogP contribution >= 0.6 is 0 Å². The second kappa shape index (κ2) is 9.03. The molecule has 0 radical (unpaired) electrons. The number of ether oxygens (including phenoxy) is 1. The van der Waals surface area contributed by atoms with Gasteiger partial charge >= 0.3 is 12.0 Å². The Morgan fingerprint density at radius 3 is 2.46 bits per heavy atom. The van der Waals surface area contributed by atoms with Gasteiger partial charge in [-0.1, -0.05) is 24.3 Å². The van der Waals surface area contributed by atoms with E-state index in [9.17, 15) is 14.4 Å². The molecule has 0 aliphatic carbocycles. The highest BCUT2D eigenvalue weighted by Gasteiger charge is 2.22. The molecule has 0 aromatic heterocycles. The van der Waals surface area contributed by atoms with E-state index in [1.807, 2.05) is 25.1 Å². The number of likely N-dealkylation sites (tertiary alicyclic amines) is 1. The van der Waals surface area contributed by atoms with Crippen molar-refractivity contribution in [2.75, 3.05) is 23.7 Å². The van der Waals surface area contributed by atoms with E-state index in [1.165, 1.54) is 0 Å². The fourth-order valence-electron chi connectivity index (χ4n) is 3.01. The second-order valence-electron chi connectivity index (χ2n) is 6.72. The van der Waals surface area contributed by atoms with Crippen molar-refractivity contribution >= 4 is 29.8 Å². The number of nitrogens with zero attached hydrogens (tertiary/aromatic N) is 1. The molecule has 7 nitrogen and oxygen atoms in total. The number of anilines is 2. The predicted octanol–water partition coefficient (Wildman–Crippen LogP) is 3.42. The van der Waals surface area contributed by atoms with Crippen molar-refractivity contribution in [1.82, 2.24) is 4.90 Å². The van der Waals surface area contributed by atoms with Gasteiger partial charge < -0.3 is 20.3 Å². The van der Waals surface area contributed by atoms with Crippen molar-refractivity contribution in [3.8, 4) is 0 Å². The van der Waals surface area contributed by atoms with Crippen LogP contribution in [0.3, 0.4) is 0 Å². The Balaban J connectivity index is 1.61. The Labute approximate surface area is 163 Å². The van der Waals surface area contributed by atoms with Crippen molar-refractivity contribution in [3.63, 3.8) is 0 Å². The molecule has 28 heavy (non-hydrogen) atoms. The Morgan fingerprint density at radius 2 is 1.79 bits per heavy atom. The number of amides is 3. The average molecular weight is 381 g/mol. The Bertz CT molecular complexity index is 846. The molecule has 1 aliphatic rings. The number of hydrogen-bond donors (Lipinski definition) is 2. The third-order valence-electron chi connectivity index (χ3n) is 4.65. The largest absolute Gasteiger partial charge is 0.459 e. The number of hydrogen-bond acceptors (Lipinski definition) is 4. The van der Waals surface area contributed by atoms with E-state index in [0.717, 1.165) is 12.0 Å². The van der Waals surface area contributed by atoms with E-state index < -0.39 is 5.97 Å². The maximum Gasteiger partial charge on any atom is 0.338 e. The highest BCUT2D eigenvalue weighted by molar-refractivity contribution is 6.01. The zero-order valence-electron chi connectivity index (χ0n) is 15.7. The van der Waals surface area contributed by atoms with Crippen LogP contribution in [0.15, 0.2) is 48.5 Å². The lowest BCUT2D eigenvalue weighted by atomic mass is 10.1. The molecule has 1 heterocycles. The molecule has 0 saturated carbocycles. The first-order valence-electron chi connectivity index (χ1n) is 9.19. The minimum absolute atomic E-state index is 0.206. The number of benzene rings is 2. The highest BCUT2D eigenvalue weighted by atomic mass is 16.5. The maximum absolute atomic E-state index is 12.5. The third kappa shape index (κ3) is 5.09. The number of urea groups is 1. The highest BCUT2D eigenvalue weighted by Crippen LogP contribution is 2.20. The van der Waals surface area contributed by atoms with E-state index >= 15 is 0 Å². The summed E-state index contributed by atoms with van der Waals surface area (Å²) in [4.78, 5) is 37.1. The smallest absolute Gasteiger partial charge is 0.338 e. The summed E-state index contributed by atoms with van der Waals surface area (Å²) in [7, 11) is 0. The molecule has 2 N–H and O–H groups in total. The van der Waals surface area contributed by atoms with E-state index in [2.05, 4.69) is 10.6 Å². The number of nitrogens with one attached hydrogen (secondary N) is 2. The zero-order valence-corrected chi connectivity index (χ0v) is 15.7. The SMILES string of the molecule is Cc1ccc(C(=O)OC2CCN(C=O)CC2)cc1NC(=O)Nc1ccccc1.